The Morgan fingerprint density at radius 3 is 2.09 bits per heavy atom. The quantitative estimate of drug-likeness (QED) is 0.510. The molecule has 3 aromatic carbocycles. The fourth-order valence-electron chi connectivity index (χ4n) is 3.49. The van der Waals surface area contributed by atoms with E-state index in [2.05, 4.69) is 47.0 Å². The zero-order valence-corrected chi connectivity index (χ0v) is 20.5. The van der Waals surface area contributed by atoms with Gasteiger partial charge in [-0.15, -0.1) is 0 Å². The molecule has 1 amide bonds. The number of nitrogens with one attached hydrogen (secondary N) is 2. The van der Waals surface area contributed by atoms with E-state index in [-0.39, 0.29) is 16.8 Å². The SMILES string of the molecule is Cc1ccc(S(=O)(=O)N(C)C)cc1NC(=O)[C@@H](C)N[C@@H](C)c1ccc(-c2ccccc2)cc1. The van der Waals surface area contributed by atoms with Crippen LogP contribution in [0.5, 0.6) is 0 Å². The molecule has 2 atom stereocenters. The van der Waals surface area contributed by atoms with Crippen molar-refractivity contribution in [1.82, 2.24) is 9.62 Å². The van der Waals surface area contributed by atoms with Gasteiger partial charge in [0.1, 0.15) is 0 Å². The molecule has 0 unspecified atom stereocenters. The number of benzene rings is 3. The van der Waals surface area contributed by atoms with Crippen molar-refractivity contribution in [2.24, 2.45) is 0 Å². The lowest BCUT2D eigenvalue weighted by Gasteiger charge is -2.21. The maximum absolute atomic E-state index is 12.8. The molecule has 0 radical (unpaired) electrons. The lowest BCUT2D eigenvalue weighted by Crippen LogP contribution is -2.39. The Kier molecular flexibility index (Phi) is 7.68. The summed E-state index contributed by atoms with van der Waals surface area (Å²) < 4.78 is 26.0. The van der Waals surface area contributed by atoms with E-state index in [0.29, 0.717) is 5.69 Å². The second kappa shape index (κ2) is 10.3. The van der Waals surface area contributed by atoms with Crippen molar-refractivity contribution >= 4 is 21.6 Å². The normalized spacial score (nSPS) is 13.5. The fraction of sp³-hybridized carbons (Fsp3) is 0.269. The molecule has 0 fully saturated rings. The third-order valence-corrected chi connectivity index (χ3v) is 7.47. The van der Waals surface area contributed by atoms with Crippen LogP contribution >= 0.6 is 0 Å². The number of rotatable bonds is 8. The molecule has 174 valence electrons. The smallest absolute Gasteiger partial charge is 0.242 e. The van der Waals surface area contributed by atoms with E-state index in [4.69, 9.17) is 0 Å². The van der Waals surface area contributed by atoms with E-state index in [0.717, 1.165) is 26.6 Å². The molecule has 7 heteroatoms. The molecule has 0 aliphatic rings. The lowest BCUT2D eigenvalue weighted by atomic mass is 10.0. The van der Waals surface area contributed by atoms with Gasteiger partial charge in [0.15, 0.2) is 0 Å². The fourth-order valence-corrected chi connectivity index (χ4v) is 4.42. The minimum atomic E-state index is -3.58. The van der Waals surface area contributed by atoms with Crippen LogP contribution in [-0.4, -0.2) is 38.8 Å². The van der Waals surface area contributed by atoms with Gasteiger partial charge in [-0.25, -0.2) is 12.7 Å². The van der Waals surface area contributed by atoms with Crippen molar-refractivity contribution in [1.29, 1.82) is 0 Å². The Morgan fingerprint density at radius 1 is 0.879 bits per heavy atom. The summed E-state index contributed by atoms with van der Waals surface area (Å²) >= 11 is 0. The van der Waals surface area contributed by atoms with E-state index in [1.165, 1.54) is 20.2 Å². The van der Waals surface area contributed by atoms with E-state index in [1.54, 1.807) is 19.1 Å². The zero-order chi connectivity index (χ0) is 24.2. The van der Waals surface area contributed by atoms with E-state index in [1.807, 2.05) is 32.0 Å². The van der Waals surface area contributed by atoms with Gasteiger partial charge < -0.3 is 5.32 Å². The molecule has 0 saturated carbocycles. The molecule has 6 nitrogen and oxygen atoms in total. The summed E-state index contributed by atoms with van der Waals surface area (Å²) in [6, 6.07) is 22.7. The summed E-state index contributed by atoms with van der Waals surface area (Å²) in [6.45, 7) is 5.63. The Labute approximate surface area is 196 Å². The van der Waals surface area contributed by atoms with Crippen LogP contribution in [0.2, 0.25) is 0 Å². The van der Waals surface area contributed by atoms with Crippen molar-refractivity contribution in [3.63, 3.8) is 0 Å². The van der Waals surface area contributed by atoms with Crippen LogP contribution in [0.15, 0.2) is 77.7 Å². The first-order valence-corrected chi connectivity index (χ1v) is 12.3. The highest BCUT2D eigenvalue weighted by Crippen LogP contribution is 2.24. The van der Waals surface area contributed by atoms with Gasteiger partial charge in [-0.1, -0.05) is 60.7 Å². The minimum Gasteiger partial charge on any atom is -0.324 e. The average Bonchev–Trinajstić information content (AvgIpc) is 2.80. The molecule has 0 aromatic heterocycles. The van der Waals surface area contributed by atoms with Crippen LogP contribution in [-0.2, 0) is 14.8 Å². The predicted molar refractivity (Wildman–Crippen MR) is 134 cm³/mol. The highest BCUT2D eigenvalue weighted by atomic mass is 32.2. The van der Waals surface area contributed by atoms with Crippen LogP contribution in [0.4, 0.5) is 5.69 Å². The van der Waals surface area contributed by atoms with Crippen molar-refractivity contribution in [2.45, 2.75) is 37.8 Å². The van der Waals surface area contributed by atoms with Gasteiger partial charge in [-0.2, -0.15) is 0 Å². The zero-order valence-electron chi connectivity index (χ0n) is 19.7. The Balaban J connectivity index is 1.67. The van der Waals surface area contributed by atoms with Gasteiger partial charge in [0.05, 0.1) is 10.9 Å². The summed E-state index contributed by atoms with van der Waals surface area (Å²) in [4.78, 5) is 13.0. The van der Waals surface area contributed by atoms with E-state index < -0.39 is 16.1 Å². The number of amides is 1. The van der Waals surface area contributed by atoms with Gasteiger partial charge in [0, 0.05) is 25.8 Å². The predicted octanol–water partition coefficient (Wildman–Crippen LogP) is 4.59. The summed E-state index contributed by atoms with van der Waals surface area (Å²) in [6.07, 6.45) is 0. The molecule has 0 spiro atoms. The molecule has 0 saturated heterocycles. The van der Waals surface area contributed by atoms with Crippen LogP contribution in [0, 0.1) is 6.92 Å². The van der Waals surface area contributed by atoms with Gasteiger partial charge in [0.25, 0.3) is 0 Å². The van der Waals surface area contributed by atoms with Crippen molar-refractivity contribution in [2.75, 3.05) is 19.4 Å². The molecule has 33 heavy (non-hydrogen) atoms. The van der Waals surface area contributed by atoms with Crippen LogP contribution in [0.1, 0.15) is 31.0 Å². The van der Waals surface area contributed by atoms with E-state index in [9.17, 15) is 13.2 Å². The first-order chi connectivity index (χ1) is 15.6. The van der Waals surface area contributed by atoms with Crippen molar-refractivity contribution in [3.8, 4) is 11.1 Å². The third kappa shape index (κ3) is 5.87. The molecule has 0 aliphatic heterocycles. The number of carbonyl (C=O) groups is 1. The molecular formula is C26H31N3O3S. The number of aryl methyl sites for hydroxylation is 1. The number of anilines is 1. The third-order valence-electron chi connectivity index (χ3n) is 5.66. The Bertz CT molecular complexity index is 1210. The largest absolute Gasteiger partial charge is 0.324 e. The van der Waals surface area contributed by atoms with Crippen molar-refractivity contribution in [3.05, 3.63) is 83.9 Å². The summed E-state index contributed by atoms with van der Waals surface area (Å²) in [5.41, 5.74) is 4.64. The maximum Gasteiger partial charge on any atom is 0.242 e. The summed E-state index contributed by atoms with van der Waals surface area (Å²) in [5, 5.41) is 6.18. The molecule has 0 heterocycles. The van der Waals surface area contributed by atoms with Gasteiger partial charge in [0.2, 0.25) is 15.9 Å². The highest BCUT2D eigenvalue weighted by Gasteiger charge is 2.21. The highest BCUT2D eigenvalue weighted by molar-refractivity contribution is 7.89. The topological polar surface area (TPSA) is 78.5 Å². The van der Waals surface area contributed by atoms with Crippen molar-refractivity contribution < 1.29 is 13.2 Å². The van der Waals surface area contributed by atoms with Crippen LogP contribution in [0.3, 0.4) is 0 Å². The average molecular weight is 466 g/mol. The molecular weight excluding hydrogens is 434 g/mol. The second-order valence-corrected chi connectivity index (χ2v) is 10.5. The second-order valence-electron chi connectivity index (χ2n) is 8.35. The number of sulfonamides is 1. The van der Waals surface area contributed by atoms with Crippen LogP contribution < -0.4 is 10.6 Å². The number of nitrogens with zero attached hydrogens (tertiary/aromatic N) is 1. The van der Waals surface area contributed by atoms with Crippen LogP contribution in [0.25, 0.3) is 11.1 Å². The van der Waals surface area contributed by atoms with Gasteiger partial charge in [-0.3, -0.25) is 10.1 Å². The summed E-state index contributed by atoms with van der Waals surface area (Å²) in [7, 11) is -0.626. The molecule has 3 rings (SSSR count). The number of hydrogen-bond donors (Lipinski definition) is 2. The first kappa shape index (κ1) is 24.6. The van der Waals surface area contributed by atoms with Gasteiger partial charge in [-0.05, 0) is 55.2 Å². The monoisotopic (exact) mass is 465 g/mol. The first-order valence-electron chi connectivity index (χ1n) is 10.8. The lowest BCUT2D eigenvalue weighted by molar-refractivity contribution is -0.117. The molecule has 0 aliphatic carbocycles. The maximum atomic E-state index is 12.8. The standard InChI is InChI=1S/C26H31N3O3S/c1-18-11-16-24(33(31,32)29(4)5)17-25(18)28-26(30)20(3)27-19(2)21-12-14-23(15-13-21)22-9-7-6-8-10-22/h6-17,19-20,27H,1-5H3,(H,28,30)/t19-,20+/m0/s1. The minimum absolute atomic E-state index is 0.0443. The molecule has 2 N–H and O–H groups in total. The van der Waals surface area contributed by atoms with Gasteiger partial charge >= 0.3 is 0 Å². The van der Waals surface area contributed by atoms with E-state index >= 15 is 0 Å². The Hall–Kier alpha value is -3.00. The summed E-state index contributed by atoms with van der Waals surface area (Å²) in [5.74, 6) is -0.231. The Morgan fingerprint density at radius 2 is 1.48 bits per heavy atom. The molecule has 3 aromatic rings. The number of carbonyl (C=O) groups excluding carboxylic acids is 1. The number of hydrogen-bond acceptors (Lipinski definition) is 4. The molecule has 0 bridgehead atoms.